The van der Waals surface area contributed by atoms with Gasteiger partial charge in [0.1, 0.15) is 11.5 Å². The number of phenols is 2. The molecule has 0 radical (unpaired) electrons. The second kappa shape index (κ2) is 5.95. The molecule has 9 nitrogen and oxygen atoms in total. The number of amides is 1. The first-order valence-electron chi connectivity index (χ1n) is 5.98. The quantitative estimate of drug-likeness (QED) is 0.446. The van der Waals surface area contributed by atoms with Gasteiger partial charge in [0.05, 0.1) is 11.1 Å². The van der Waals surface area contributed by atoms with E-state index in [9.17, 15) is 25.1 Å². The van der Waals surface area contributed by atoms with Crippen LogP contribution in [-0.2, 0) is 0 Å². The van der Waals surface area contributed by atoms with Gasteiger partial charge in [-0.15, -0.1) is 0 Å². The maximum Gasteiger partial charge on any atom is 0.311 e. The van der Waals surface area contributed by atoms with Crippen molar-refractivity contribution in [3.8, 4) is 11.5 Å². The van der Waals surface area contributed by atoms with Gasteiger partial charge in [-0.05, 0) is 19.1 Å². The minimum atomic E-state index is -0.809. The summed E-state index contributed by atoms with van der Waals surface area (Å²) in [5, 5.41) is 33.2. The number of carbonyl (C=O) groups is 1. The number of hydrogen-bond acceptors (Lipinski definition) is 7. The zero-order valence-electron chi connectivity index (χ0n) is 11.3. The summed E-state index contributed by atoms with van der Waals surface area (Å²) in [6.07, 6.45) is 1.01. The van der Waals surface area contributed by atoms with Crippen LogP contribution >= 0.6 is 0 Å². The number of aryl methyl sites for hydroxylation is 1. The normalized spacial score (nSPS) is 10.8. The van der Waals surface area contributed by atoms with Gasteiger partial charge in [0.25, 0.3) is 0 Å². The highest BCUT2D eigenvalue weighted by molar-refractivity contribution is 5.93. The van der Waals surface area contributed by atoms with Crippen molar-refractivity contribution in [1.82, 2.24) is 5.43 Å². The number of nitro groups is 1. The Hall–Kier alpha value is -3.36. The molecule has 114 valence electrons. The molecule has 0 saturated carbocycles. The molecule has 0 aliphatic carbocycles. The van der Waals surface area contributed by atoms with Crippen LogP contribution in [-0.4, -0.2) is 27.3 Å². The van der Waals surface area contributed by atoms with Crippen LogP contribution < -0.4 is 5.43 Å². The van der Waals surface area contributed by atoms with Crippen molar-refractivity contribution in [3.05, 3.63) is 51.5 Å². The molecule has 2 aromatic rings. The number of rotatable bonds is 4. The molecule has 0 spiro atoms. The van der Waals surface area contributed by atoms with E-state index >= 15 is 0 Å². The molecule has 0 aliphatic heterocycles. The number of hydrazone groups is 1. The first kappa shape index (κ1) is 15.0. The van der Waals surface area contributed by atoms with Crippen LogP contribution in [0, 0.1) is 17.0 Å². The van der Waals surface area contributed by atoms with Crippen molar-refractivity contribution in [3.63, 3.8) is 0 Å². The highest BCUT2D eigenvalue weighted by Crippen LogP contribution is 2.31. The lowest BCUT2D eigenvalue weighted by Crippen LogP contribution is -2.16. The summed E-state index contributed by atoms with van der Waals surface area (Å²) in [5.41, 5.74) is 1.51. The smallest absolute Gasteiger partial charge is 0.311 e. The number of nitro benzene ring substituents is 1. The number of hydrogen-bond donors (Lipinski definition) is 3. The third kappa shape index (κ3) is 3.20. The summed E-state index contributed by atoms with van der Waals surface area (Å²) < 4.78 is 5.08. The van der Waals surface area contributed by atoms with E-state index in [2.05, 4.69) is 10.5 Å². The molecule has 1 heterocycles. The largest absolute Gasteiger partial charge is 0.507 e. The Bertz CT molecular complexity index is 765. The third-order valence-corrected chi connectivity index (χ3v) is 2.65. The van der Waals surface area contributed by atoms with E-state index < -0.39 is 28.0 Å². The summed E-state index contributed by atoms with van der Waals surface area (Å²) in [5.74, 6) is -1.10. The Morgan fingerprint density at radius 2 is 2.09 bits per heavy atom. The molecule has 0 bridgehead atoms. The van der Waals surface area contributed by atoms with Crippen molar-refractivity contribution in [2.24, 2.45) is 5.10 Å². The van der Waals surface area contributed by atoms with E-state index in [0.29, 0.717) is 5.76 Å². The van der Waals surface area contributed by atoms with Crippen LogP contribution in [0.5, 0.6) is 11.5 Å². The van der Waals surface area contributed by atoms with Crippen molar-refractivity contribution >= 4 is 17.8 Å². The van der Waals surface area contributed by atoms with Crippen LogP contribution in [0.15, 0.2) is 33.8 Å². The average Bonchev–Trinajstić information content (AvgIpc) is 2.87. The predicted molar refractivity (Wildman–Crippen MR) is 74.9 cm³/mol. The van der Waals surface area contributed by atoms with E-state index in [1.165, 1.54) is 6.07 Å². The number of benzene rings is 1. The maximum absolute atomic E-state index is 11.6. The van der Waals surface area contributed by atoms with E-state index in [4.69, 9.17) is 4.42 Å². The van der Waals surface area contributed by atoms with Gasteiger partial charge in [-0.3, -0.25) is 14.9 Å². The van der Waals surface area contributed by atoms with Gasteiger partial charge in [0.2, 0.25) is 0 Å². The monoisotopic (exact) mass is 305 g/mol. The number of nitrogens with one attached hydrogen (secondary N) is 1. The van der Waals surface area contributed by atoms with Crippen molar-refractivity contribution in [1.29, 1.82) is 0 Å². The van der Waals surface area contributed by atoms with Crippen molar-refractivity contribution in [2.45, 2.75) is 6.92 Å². The fraction of sp³-hybridized carbons (Fsp3) is 0.0769. The number of carbonyl (C=O) groups excluding carboxylic acids is 1. The molecule has 3 N–H and O–H groups in total. The van der Waals surface area contributed by atoms with Gasteiger partial charge in [0, 0.05) is 17.7 Å². The van der Waals surface area contributed by atoms with Crippen LogP contribution in [0.25, 0.3) is 0 Å². The summed E-state index contributed by atoms with van der Waals surface area (Å²) in [4.78, 5) is 21.5. The second-order valence-corrected chi connectivity index (χ2v) is 4.27. The number of nitrogens with zero attached hydrogens (tertiary/aromatic N) is 2. The molecular formula is C13H11N3O6. The summed E-state index contributed by atoms with van der Waals surface area (Å²) in [6, 6.07) is 4.81. The predicted octanol–water partition coefficient (Wildman–Crippen LogP) is 1.67. The zero-order chi connectivity index (χ0) is 16.3. The van der Waals surface area contributed by atoms with Gasteiger partial charge in [-0.25, -0.2) is 5.43 Å². The SMILES string of the molecule is Cc1ccc(C(=O)N/N=C\c2cc([N+](=O)[O-])c(O)cc2O)o1. The number of phenolic OH excluding ortho intramolecular Hbond substituents is 2. The molecule has 0 saturated heterocycles. The number of furan rings is 1. The van der Waals surface area contributed by atoms with Crippen molar-refractivity contribution in [2.75, 3.05) is 0 Å². The number of aromatic hydroxyl groups is 2. The lowest BCUT2D eigenvalue weighted by Gasteiger charge is -2.01. The summed E-state index contributed by atoms with van der Waals surface area (Å²) >= 11 is 0. The molecule has 1 amide bonds. The Labute approximate surface area is 123 Å². The molecule has 2 rings (SSSR count). The molecule has 0 unspecified atom stereocenters. The molecule has 1 aromatic carbocycles. The van der Waals surface area contributed by atoms with Gasteiger partial charge < -0.3 is 14.6 Å². The van der Waals surface area contributed by atoms with Crippen LogP contribution in [0.2, 0.25) is 0 Å². The zero-order valence-corrected chi connectivity index (χ0v) is 11.3. The van der Waals surface area contributed by atoms with Gasteiger partial charge in [-0.1, -0.05) is 0 Å². The fourth-order valence-corrected chi connectivity index (χ4v) is 1.60. The Kier molecular flexibility index (Phi) is 4.07. The maximum atomic E-state index is 11.6. The van der Waals surface area contributed by atoms with Crippen LogP contribution in [0.4, 0.5) is 5.69 Å². The lowest BCUT2D eigenvalue weighted by molar-refractivity contribution is -0.385. The van der Waals surface area contributed by atoms with Gasteiger partial charge in [0.15, 0.2) is 11.5 Å². The first-order chi connectivity index (χ1) is 10.4. The van der Waals surface area contributed by atoms with E-state index in [0.717, 1.165) is 18.3 Å². The molecule has 0 fully saturated rings. The second-order valence-electron chi connectivity index (χ2n) is 4.27. The average molecular weight is 305 g/mol. The van der Waals surface area contributed by atoms with Gasteiger partial charge in [-0.2, -0.15) is 5.10 Å². The van der Waals surface area contributed by atoms with E-state index in [-0.39, 0.29) is 11.3 Å². The van der Waals surface area contributed by atoms with Crippen molar-refractivity contribution < 1.29 is 24.3 Å². The topological polar surface area (TPSA) is 138 Å². The molecular weight excluding hydrogens is 294 g/mol. The Balaban J connectivity index is 2.15. The minimum Gasteiger partial charge on any atom is -0.507 e. The molecule has 0 aliphatic rings. The molecule has 22 heavy (non-hydrogen) atoms. The molecule has 9 heteroatoms. The lowest BCUT2D eigenvalue weighted by atomic mass is 10.2. The third-order valence-electron chi connectivity index (χ3n) is 2.65. The summed E-state index contributed by atoms with van der Waals surface area (Å²) in [7, 11) is 0. The van der Waals surface area contributed by atoms with Crippen LogP contribution in [0.1, 0.15) is 21.9 Å². The highest BCUT2D eigenvalue weighted by atomic mass is 16.6. The summed E-state index contributed by atoms with van der Waals surface area (Å²) in [6.45, 7) is 1.67. The van der Waals surface area contributed by atoms with E-state index in [1.807, 2.05) is 0 Å². The fourth-order valence-electron chi connectivity index (χ4n) is 1.60. The van der Waals surface area contributed by atoms with Gasteiger partial charge >= 0.3 is 11.6 Å². The minimum absolute atomic E-state index is 0.0413. The molecule has 0 atom stereocenters. The Morgan fingerprint density at radius 3 is 2.68 bits per heavy atom. The standard InChI is InChI=1S/C13H11N3O6/c1-7-2-3-12(22-7)13(19)15-14-6-8-4-9(16(20)21)11(18)5-10(8)17/h2-6,17-18H,1H3,(H,15,19)/b14-6-. The highest BCUT2D eigenvalue weighted by Gasteiger charge is 2.16. The molecule has 1 aromatic heterocycles. The Morgan fingerprint density at radius 1 is 1.36 bits per heavy atom. The first-order valence-corrected chi connectivity index (χ1v) is 5.98. The van der Waals surface area contributed by atoms with E-state index in [1.54, 1.807) is 13.0 Å². The van der Waals surface area contributed by atoms with Crippen LogP contribution in [0.3, 0.4) is 0 Å².